The van der Waals surface area contributed by atoms with Crippen LogP contribution < -0.4 is 14.8 Å². The van der Waals surface area contributed by atoms with E-state index in [4.69, 9.17) is 9.47 Å². The van der Waals surface area contributed by atoms with Crippen molar-refractivity contribution in [3.63, 3.8) is 0 Å². The fourth-order valence-electron chi connectivity index (χ4n) is 1.77. The standard InChI is InChI=1S/C14H17N3O3/c1-4-17-8-7-11(16-17)14(18)15-10-5-6-12(19-2)13(9-10)20-3/h5-9H,4H2,1-3H3,(H,15,18). The second kappa shape index (κ2) is 6.10. The highest BCUT2D eigenvalue weighted by molar-refractivity contribution is 6.02. The number of carbonyl (C=O) groups excluding carboxylic acids is 1. The van der Waals surface area contributed by atoms with E-state index in [-0.39, 0.29) is 5.91 Å². The summed E-state index contributed by atoms with van der Waals surface area (Å²) in [6.45, 7) is 2.69. The summed E-state index contributed by atoms with van der Waals surface area (Å²) in [4.78, 5) is 12.0. The number of rotatable bonds is 5. The number of ether oxygens (including phenoxy) is 2. The first-order valence-corrected chi connectivity index (χ1v) is 6.24. The van der Waals surface area contributed by atoms with Crippen molar-refractivity contribution in [2.75, 3.05) is 19.5 Å². The highest BCUT2D eigenvalue weighted by Gasteiger charge is 2.11. The first kappa shape index (κ1) is 13.9. The van der Waals surface area contributed by atoms with Crippen molar-refractivity contribution in [3.05, 3.63) is 36.2 Å². The Balaban J connectivity index is 2.15. The lowest BCUT2D eigenvalue weighted by Crippen LogP contribution is -2.13. The maximum atomic E-state index is 12.0. The molecule has 20 heavy (non-hydrogen) atoms. The van der Waals surface area contributed by atoms with Crippen LogP contribution in [0.4, 0.5) is 5.69 Å². The van der Waals surface area contributed by atoms with E-state index in [1.807, 2.05) is 6.92 Å². The molecule has 1 aromatic carbocycles. The number of benzene rings is 1. The van der Waals surface area contributed by atoms with Gasteiger partial charge in [-0.1, -0.05) is 0 Å². The molecule has 2 aromatic rings. The molecule has 0 bridgehead atoms. The third-order valence-electron chi connectivity index (χ3n) is 2.84. The van der Waals surface area contributed by atoms with E-state index < -0.39 is 0 Å². The van der Waals surface area contributed by atoms with Crippen LogP contribution in [0.3, 0.4) is 0 Å². The second-order valence-electron chi connectivity index (χ2n) is 4.08. The zero-order chi connectivity index (χ0) is 14.5. The van der Waals surface area contributed by atoms with Crippen LogP contribution in [0.15, 0.2) is 30.5 Å². The van der Waals surface area contributed by atoms with Crippen molar-refractivity contribution in [3.8, 4) is 11.5 Å². The van der Waals surface area contributed by atoms with Gasteiger partial charge in [-0.05, 0) is 25.1 Å². The van der Waals surface area contributed by atoms with Crippen LogP contribution in [0, 0.1) is 0 Å². The van der Waals surface area contributed by atoms with Gasteiger partial charge in [0.05, 0.1) is 14.2 Å². The van der Waals surface area contributed by atoms with Gasteiger partial charge in [0.15, 0.2) is 17.2 Å². The summed E-state index contributed by atoms with van der Waals surface area (Å²) in [5.41, 5.74) is 1.00. The molecule has 0 saturated carbocycles. The van der Waals surface area contributed by atoms with Crippen LogP contribution in [-0.4, -0.2) is 29.9 Å². The monoisotopic (exact) mass is 275 g/mol. The van der Waals surface area contributed by atoms with E-state index in [2.05, 4.69) is 10.4 Å². The van der Waals surface area contributed by atoms with Gasteiger partial charge in [0, 0.05) is 24.5 Å². The Hall–Kier alpha value is -2.50. The van der Waals surface area contributed by atoms with Crippen LogP contribution in [-0.2, 0) is 6.54 Å². The van der Waals surface area contributed by atoms with E-state index >= 15 is 0 Å². The van der Waals surface area contributed by atoms with Crippen molar-refractivity contribution in [1.29, 1.82) is 0 Å². The average molecular weight is 275 g/mol. The molecule has 1 amide bonds. The molecule has 0 fully saturated rings. The van der Waals surface area contributed by atoms with E-state index in [9.17, 15) is 4.79 Å². The second-order valence-corrected chi connectivity index (χ2v) is 4.08. The molecule has 1 heterocycles. The number of hydrogen-bond donors (Lipinski definition) is 1. The zero-order valence-corrected chi connectivity index (χ0v) is 11.7. The third kappa shape index (κ3) is 2.90. The summed E-state index contributed by atoms with van der Waals surface area (Å²) in [5, 5.41) is 6.92. The molecule has 2 rings (SSSR count). The molecule has 1 N–H and O–H groups in total. The van der Waals surface area contributed by atoms with Crippen molar-refractivity contribution in [2.24, 2.45) is 0 Å². The Morgan fingerprint density at radius 1 is 1.25 bits per heavy atom. The van der Waals surface area contributed by atoms with Gasteiger partial charge >= 0.3 is 0 Å². The van der Waals surface area contributed by atoms with Gasteiger partial charge in [-0.2, -0.15) is 5.10 Å². The van der Waals surface area contributed by atoms with Gasteiger partial charge in [-0.15, -0.1) is 0 Å². The molecular weight excluding hydrogens is 258 g/mol. The molecule has 0 spiro atoms. The molecule has 0 atom stereocenters. The number of anilines is 1. The molecular formula is C14H17N3O3. The SMILES string of the molecule is CCn1ccc(C(=O)Nc2ccc(OC)c(OC)c2)n1. The molecule has 0 aliphatic heterocycles. The van der Waals surface area contributed by atoms with Crippen molar-refractivity contribution in [1.82, 2.24) is 9.78 Å². The number of hydrogen-bond acceptors (Lipinski definition) is 4. The van der Waals surface area contributed by atoms with Gasteiger partial charge in [0.25, 0.3) is 5.91 Å². The number of carbonyl (C=O) groups is 1. The average Bonchev–Trinajstić information content (AvgIpc) is 2.96. The normalized spacial score (nSPS) is 10.2. The van der Waals surface area contributed by atoms with Crippen molar-refractivity contribution in [2.45, 2.75) is 13.5 Å². The van der Waals surface area contributed by atoms with E-state index in [0.29, 0.717) is 22.9 Å². The van der Waals surface area contributed by atoms with Crippen LogP contribution in [0.25, 0.3) is 0 Å². The fraction of sp³-hybridized carbons (Fsp3) is 0.286. The van der Waals surface area contributed by atoms with Crippen molar-refractivity contribution >= 4 is 11.6 Å². The van der Waals surface area contributed by atoms with Crippen molar-refractivity contribution < 1.29 is 14.3 Å². The molecule has 106 valence electrons. The Kier molecular flexibility index (Phi) is 4.24. The predicted molar refractivity (Wildman–Crippen MR) is 75.4 cm³/mol. The lowest BCUT2D eigenvalue weighted by Gasteiger charge is -2.09. The Morgan fingerprint density at radius 3 is 2.60 bits per heavy atom. The van der Waals surface area contributed by atoms with E-state index in [1.54, 1.807) is 49.4 Å². The quantitative estimate of drug-likeness (QED) is 0.908. The zero-order valence-electron chi connectivity index (χ0n) is 11.7. The molecule has 6 nitrogen and oxygen atoms in total. The van der Waals surface area contributed by atoms with Gasteiger partial charge in [-0.3, -0.25) is 9.48 Å². The first-order chi connectivity index (χ1) is 9.67. The number of nitrogens with zero attached hydrogens (tertiary/aromatic N) is 2. The highest BCUT2D eigenvalue weighted by atomic mass is 16.5. The van der Waals surface area contributed by atoms with Gasteiger partial charge in [-0.25, -0.2) is 0 Å². The highest BCUT2D eigenvalue weighted by Crippen LogP contribution is 2.29. The molecule has 0 unspecified atom stereocenters. The Labute approximate surface area is 117 Å². The maximum absolute atomic E-state index is 12.0. The molecule has 6 heteroatoms. The smallest absolute Gasteiger partial charge is 0.276 e. The van der Waals surface area contributed by atoms with Crippen LogP contribution in [0.1, 0.15) is 17.4 Å². The number of nitrogens with one attached hydrogen (secondary N) is 1. The largest absolute Gasteiger partial charge is 0.493 e. The minimum absolute atomic E-state index is 0.260. The molecule has 1 aromatic heterocycles. The number of methoxy groups -OCH3 is 2. The lowest BCUT2D eigenvalue weighted by atomic mass is 10.2. The summed E-state index contributed by atoms with van der Waals surface area (Å²) >= 11 is 0. The van der Waals surface area contributed by atoms with Gasteiger partial charge < -0.3 is 14.8 Å². The summed E-state index contributed by atoms with van der Waals surface area (Å²) in [6.07, 6.45) is 1.77. The van der Waals surface area contributed by atoms with Gasteiger partial charge in [0.1, 0.15) is 0 Å². The minimum atomic E-state index is -0.260. The van der Waals surface area contributed by atoms with Crippen LogP contribution >= 0.6 is 0 Å². The van der Waals surface area contributed by atoms with Crippen LogP contribution in [0.5, 0.6) is 11.5 Å². The summed E-state index contributed by atoms with van der Waals surface area (Å²) in [5.74, 6) is 0.912. The Morgan fingerprint density at radius 2 is 2.00 bits per heavy atom. The van der Waals surface area contributed by atoms with E-state index in [0.717, 1.165) is 6.54 Å². The topological polar surface area (TPSA) is 65.4 Å². The third-order valence-corrected chi connectivity index (χ3v) is 2.84. The summed E-state index contributed by atoms with van der Waals surface area (Å²) < 4.78 is 12.0. The van der Waals surface area contributed by atoms with Crippen LogP contribution in [0.2, 0.25) is 0 Å². The predicted octanol–water partition coefficient (Wildman–Crippen LogP) is 2.17. The van der Waals surface area contributed by atoms with E-state index in [1.165, 1.54) is 0 Å². The number of aryl methyl sites for hydroxylation is 1. The molecule has 0 saturated heterocycles. The lowest BCUT2D eigenvalue weighted by molar-refractivity contribution is 0.102. The number of aromatic nitrogens is 2. The Bertz CT molecular complexity index is 607. The molecule has 0 aliphatic carbocycles. The summed E-state index contributed by atoms with van der Waals surface area (Å²) in [6, 6.07) is 6.86. The molecule has 0 aliphatic rings. The summed E-state index contributed by atoms with van der Waals surface area (Å²) in [7, 11) is 3.11. The minimum Gasteiger partial charge on any atom is -0.493 e. The number of amides is 1. The maximum Gasteiger partial charge on any atom is 0.276 e. The first-order valence-electron chi connectivity index (χ1n) is 6.24. The fourth-order valence-corrected chi connectivity index (χ4v) is 1.77. The van der Waals surface area contributed by atoms with Gasteiger partial charge in [0.2, 0.25) is 0 Å². The molecule has 0 radical (unpaired) electrons.